The second kappa shape index (κ2) is 5.69. The summed E-state index contributed by atoms with van der Waals surface area (Å²) in [6.07, 6.45) is 0.0521. The molecular weight excluding hydrogens is 213 g/mol. The van der Waals surface area contributed by atoms with Gasteiger partial charge in [0.05, 0.1) is 13.0 Å². The number of carbonyl (C=O) groups excluding carboxylic acids is 1. The van der Waals surface area contributed by atoms with Crippen LogP contribution in [0.4, 0.5) is 4.39 Å². The SMILES string of the molecule is N/C(CNC(=O)Cc1cccc(F)c1)=N/O. The molecule has 0 bridgehead atoms. The number of carbonyl (C=O) groups is 1. The molecule has 0 saturated carbocycles. The van der Waals surface area contributed by atoms with Crippen molar-refractivity contribution < 1.29 is 14.4 Å². The van der Waals surface area contributed by atoms with Gasteiger partial charge in [-0.1, -0.05) is 17.3 Å². The van der Waals surface area contributed by atoms with Crippen LogP contribution in [0.5, 0.6) is 0 Å². The first-order chi connectivity index (χ1) is 7.61. The first kappa shape index (κ1) is 12.0. The Hall–Kier alpha value is -2.11. The molecule has 16 heavy (non-hydrogen) atoms. The summed E-state index contributed by atoms with van der Waals surface area (Å²) >= 11 is 0. The molecule has 0 radical (unpaired) electrons. The highest BCUT2D eigenvalue weighted by molar-refractivity contribution is 5.87. The summed E-state index contributed by atoms with van der Waals surface area (Å²) in [6.45, 7) is -0.0371. The van der Waals surface area contributed by atoms with E-state index in [2.05, 4.69) is 10.5 Å². The van der Waals surface area contributed by atoms with Crippen molar-refractivity contribution in [3.63, 3.8) is 0 Å². The van der Waals surface area contributed by atoms with E-state index in [1.165, 1.54) is 18.2 Å². The Bertz CT molecular complexity index is 407. The van der Waals surface area contributed by atoms with Gasteiger partial charge in [0.15, 0.2) is 5.84 Å². The summed E-state index contributed by atoms with van der Waals surface area (Å²) in [5, 5.41) is 13.4. The van der Waals surface area contributed by atoms with E-state index in [0.717, 1.165) is 0 Å². The minimum atomic E-state index is -0.387. The maximum Gasteiger partial charge on any atom is 0.224 e. The monoisotopic (exact) mass is 225 g/mol. The molecule has 86 valence electrons. The summed E-state index contributed by atoms with van der Waals surface area (Å²) in [5.74, 6) is -0.800. The van der Waals surface area contributed by atoms with Crippen LogP contribution in [-0.2, 0) is 11.2 Å². The Morgan fingerprint density at radius 1 is 1.56 bits per heavy atom. The topological polar surface area (TPSA) is 87.7 Å². The molecule has 4 N–H and O–H groups in total. The van der Waals surface area contributed by atoms with Crippen LogP contribution < -0.4 is 11.1 Å². The van der Waals surface area contributed by atoms with Crippen LogP contribution in [0.1, 0.15) is 5.56 Å². The Labute approximate surface area is 91.8 Å². The van der Waals surface area contributed by atoms with E-state index >= 15 is 0 Å². The molecule has 1 aromatic rings. The Kier molecular flexibility index (Phi) is 4.26. The molecule has 1 rings (SSSR count). The maximum atomic E-state index is 12.8. The number of halogens is 1. The molecule has 5 nitrogen and oxygen atoms in total. The van der Waals surface area contributed by atoms with Gasteiger partial charge in [-0.3, -0.25) is 4.79 Å². The predicted octanol–water partition coefficient (Wildman–Crippen LogP) is 0.231. The zero-order chi connectivity index (χ0) is 12.0. The van der Waals surface area contributed by atoms with E-state index in [0.29, 0.717) is 5.56 Å². The number of hydrogen-bond acceptors (Lipinski definition) is 3. The zero-order valence-corrected chi connectivity index (χ0v) is 8.48. The van der Waals surface area contributed by atoms with Crippen molar-refractivity contribution in [2.24, 2.45) is 10.9 Å². The third-order valence-electron chi connectivity index (χ3n) is 1.85. The molecular formula is C10H12FN3O2. The van der Waals surface area contributed by atoms with Gasteiger partial charge in [0.1, 0.15) is 5.82 Å². The highest BCUT2D eigenvalue weighted by Crippen LogP contribution is 2.03. The third-order valence-corrected chi connectivity index (χ3v) is 1.85. The molecule has 0 aliphatic heterocycles. The Balaban J connectivity index is 2.46. The zero-order valence-electron chi connectivity index (χ0n) is 8.48. The number of benzene rings is 1. The molecule has 0 unspecified atom stereocenters. The molecule has 0 fully saturated rings. The minimum Gasteiger partial charge on any atom is -0.409 e. The Morgan fingerprint density at radius 3 is 2.94 bits per heavy atom. The Morgan fingerprint density at radius 2 is 2.31 bits per heavy atom. The molecule has 1 aromatic carbocycles. The molecule has 0 spiro atoms. The van der Waals surface area contributed by atoms with Crippen LogP contribution in [0.25, 0.3) is 0 Å². The standard InChI is InChI=1S/C10H12FN3O2/c11-8-3-1-2-7(4-8)5-10(15)13-6-9(12)14-16/h1-4,16H,5-6H2,(H2,12,14)(H,13,15). The lowest BCUT2D eigenvalue weighted by Crippen LogP contribution is -2.34. The molecule has 0 aromatic heterocycles. The van der Waals surface area contributed by atoms with Crippen LogP contribution >= 0.6 is 0 Å². The van der Waals surface area contributed by atoms with Gasteiger partial charge in [0.2, 0.25) is 5.91 Å². The van der Waals surface area contributed by atoms with Gasteiger partial charge < -0.3 is 16.3 Å². The van der Waals surface area contributed by atoms with Gasteiger partial charge in [0, 0.05) is 0 Å². The number of rotatable bonds is 4. The minimum absolute atomic E-state index is 0.0371. The molecule has 6 heteroatoms. The van der Waals surface area contributed by atoms with E-state index in [4.69, 9.17) is 10.9 Å². The van der Waals surface area contributed by atoms with Gasteiger partial charge in [-0.2, -0.15) is 0 Å². The third kappa shape index (κ3) is 3.95. The van der Waals surface area contributed by atoms with Crippen LogP contribution in [0, 0.1) is 5.82 Å². The average Bonchev–Trinajstić information content (AvgIpc) is 2.26. The van der Waals surface area contributed by atoms with Crippen LogP contribution in [0.15, 0.2) is 29.4 Å². The van der Waals surface area contributed by atoms with Crippen LogP contribution in [0.2, 0.25) is 0 Å². The smallest absolute Gasteiger partial charge is 0.224 e. The van der Waals surface area contributed by atoms with Crippen molar-refractivity contribution in [3.05, 3.63) is 35.6 Å². The largest absolute Gasteiger partial charge is 0.409 e. The quantitative estimate of drug-likeness (QED) is 0.296. The molecule has 0 saturated heterocycles. The fourth-order valence-electron chi connectivity index (χ4n) is 1.12. The fraction of sp³-hybridized carbons (Fsp3) is 0.200. The average molecular weight is 225 g/mol. The highest BCUT2D eigenvalue weighted by Gasteiger charge is 2.04. The van der Waals surface area contributed by atoms with Gasteiger partial charge in [-0.25, -0.2) is 4.39 Å². The number of nitrogens with two attached hydrogens (primary N) is 1. The summed E-state index contributed by atoms with van der Waals surface area (Å²) in [6, 6.07) is 5.76. The molecule has 0 aliphatic rings. The van der Waals surface area contributed by atoms with Gasteiger partial charge >= 0.3 is 0 Å². The second-order valence-electron chi connectivity index (χ2n) is 3.17. The van der Waals surface area contributed by atoms with E-state index in [1.807, 2.05) is 0 Å². The van der Waals surface area contributed by atoms with Crippen LogP contribution in [-0.4, -0.2) is 23.5 Å². The number of amides is 1. The maximum absolute atomic E-state index is 12.8. The van der Waals surface area contributed by atoms with Crippen molar-refractivity contribution in [1.29, 1.82) is 0 Å². The first-order valence-corrected chi connectivity index (χ1v) is 4.59. The van der Waals surface area contributed by atoms with Crippen LogP contribution in [0.3, 0.4) is 0 Å². The van der Waals surface area contributed by atoms with E-state index in [1.54, 1.807) is 6.07 Å². The number of nitrogens with zero attached hydrogens (tertiary/aromatic N) is 1. The highest BCUT2D eigenvalue weighted by atomic mass is 19.1. The predicted molar refractivity (Wildman–Crippen MR) is 56.5 cm³/mol. The summed E-state index contributed by atoms with van der Waals surface area (Å²) < 4.78 is 12.8. The summed E-state index contributed by atoms with van der Waals surface area (Å²) in [5.41, 5.74) is 5.73. The number of hydrogen-bond donors (Lipinski definition) is 3. The van der Waals surface area contributed by atoms with E-state index in [9.17, 15) is 9.18 Å². The van der Waals surface area contributed by atoms with Gasteiger partial charge in [0.25, 0.3) is 0 Å². The molecule has 0 aliphatic carbocycles. The molecule has 0 heterocycles. The van der Waals surface area contributed by atoms with Crippen molar-refractivity contribution in [1.82, 2.24) is 5.32 Å². The van der Waals surface area contributed by atoms with E-state index in [-0.39, 0.29) is 30.5 Å². The summed E-state index contributed by atoms with van der Waals surface area (Å²) in [4.78, 5) is 11.3. The molecule has 1 amide bonds. The van der Waals surface area contributed by atoms with E-state index < -0.39 is 0 Å². The second-order valence-corrected chi connectivity index (χ2v) is 3.17. The van der Waals surface area contributed by atoms with Gasteiger partial charge in [-0.15, -0.1) is 0 Å². The lowest BCUT2D eigenvalue weighted by Gasteiger charge is -2.04. The number of nitrogens with one attached hydrogen (secondary N) is 1. The van der Waals surface area contributed by atoms with Crippen molar-refractivity contribution >= 4 is 11.7 Å². The number of oxime groups is 1. The normalized spacial score (nSPS) is 11.2. The fourth-order valence-corrected chi connectivity index (χ4v) is 1.12. The lowest BCUT2D eigenvalue weighted by molar-refractivity contribution is -0.120. The first-order valence-electron chi connectivity index (χ1n) is 4.59. The summed E-state index contributed by atoms with van der Waals surface area (Å²) in [7, 11) is 0. The molecule has 0 atom stereocenters. The lowest BCUT2D eigenvalue weighted by atomic mass is 10.1. The van der Waals surface area contributed by atoms with Gasteiger partial charge in [-0.05, 0) is 17.7 Å². The number of amidine groups is 1. The van der Waals surface area contributed by atoms with Crippen molar-refractivity contribution in [2.75, 3.05) is 6.54 Å². The van der Waals surface area contributed by atoms with Crippen molar-refractivity contribution in [2.45, 2.75) is 6.42 Å². The van der Waals surface area contributed by atoms with Crippen molar-refractivity contribution in [3.8, 4) is 0 Å².